The summed E-state index contributed by atoms with van der Waals surface area (Å²) >= 11 is 0. The van der Waals surface area contributed by atoms with Gasteiger partial charge in [0.05, 0.1) is 11.4 Å². The fraction of sp³-hybridized carbons (Fsp3) is 0.136. The number of para-hydroxylation sites is 1. The molecule has 0 spiro atoms. The molecule has 0 radical (unpaired) electrons. The van der Waals surface area contributed by atoms with E-state index in [2.05, 4.69) is 34.2 Å². The third kappa shape index (κ3) is 3.26. The number of rotatable bonds is 4. The molecule has 0 aliphatic carbocycles. The van der Waals surface area contributed by atoms with Crippen molar-refractivity contribution in [2.45, 2.75) is 13.8 Å². The standard InChI is InChI=1S/C22H22N2O/c1-4-23-22-18(17-10-6-5-7-11-17)12-8-14-20(22)24(3)19-13-9-15-21(25)16(19)2/h4-15,25H,1-3H3. The molecule has 0 unspecified atom stereocenters. The third-order valence-corrected chi connectivity index (χ3v) is 4.36. The van der Waals surface area contributed by atoms with E-state index >= 15 is 0 Å². The molecule has 3 aromatic rings. The maximum atomic E-state index is 10.0. The number of phenols is 1. The number of nitrogens with zero attached hydrogens (tertiary/aromatic N) is 2. The van der Waals surface area contributed by atoms with Crippen molar-refractivity contribution in [2.24, 2.45) is 4.99 Å². The highest BCUT2D eigenvalue weighted by Crippen LogP contribution is 2.42. The molecule has 0 aliphatic heterocycles. The summed E-state index contributed by atoms with van der Waals surface area (Å²) in [7, 11) is 2.00. The molecule has 0 fully saturated rings. The van der Waals surface area contributed by atoms with E-state index in [0.717, 1.165) is 33.8 Å². The van der Waals surface area contributed by atoms with Crippen LogP contribution >= 0.6 is 0 Å². The normalized spacial score (nSPS) is 11.0. The van der Waals surface area contributed by atoms with Gasteiger partial charge in [-0.05, 0) is 37.6 Å². The molecular weight excluding hydrogens is 308 g/mol. The molecule has 0 bridgehead atoms. The summed E-state index contributed by atoms with van der Waals surface area (Å²) in [5, 5.41) is 10.0. The number of anilines is 2. The molecule has 0 amide bonds. The third-order valence-electron chi connectivity index (χ3n) is 4.36. The Hall–Kier alpha value is -3.07. The molecular formula is C22H22N2O. The smallest absolute Gasteiger partial charge is 0.120 e. The van der Waals surface area contributed by atoms with Gasteiger partial charge in [-0.25, -0.2) is 0 Å². The SMILES string of the molecule is CC=Nc1c(-c2ccccc2)cccc1N(C)c1cccc(O)c1C. The van der Waals surface area contributed by atoms with Crippen LogP contribution in [0.3, 0.4) is 0 Å². The summed E-state index contributed by atoms with van der Waals surface area (Å²) in [4.78, 5) is 6.73. The monoisotopic (exact) mass is 330 g/mol. The first-order chi connectivity index (χ1) is 12.1. The van der Waals surface area contributed by atoms with E-state index in [1.807, 2.05) is 63.5 Å². The van der Waals surface area contributed by atoms with Gasteiger partial charge in [-0.3, -0.25) is 4.99 Å². The Morgan fingerprint density at radius 2 is 1.56 bits per heavy atom. The van der Waals surface area contributed by atoms with Crippen LogP contribution in [-0.2, 0) is 0 Å². The van der Waals surface area contributed by atoms with Gasteiger partial charge in [-0.2, -0.15) is 0 Å². The topological polar surface area (TPSA) is 35.8 Å². The summed E-state index contributed by atoms with van der Waals surface area (Å²) in [5.41, 5.74) is 5.93. The van der Waals surface area contributed by atoms with Crippen LogP contribution in [0.2, 0.25) is 0 Å². The maximum absolute atomic E-state index is 10.0. The van der Waals surface area contributed by atoms with Crippen molar-refractivity contribution in [3.05, 3.63) is 72.3 Å². The lowest BCUT2D eigenvalue weighted by atomic mass is 10.0. The van der Waals surface area contributed by atoms with Crippen molar-refractivity contribution in [3.63, 3.8) is 0 Å². The predicted molar refractivity (Wildman–Crippen MR) is 107 cm³/mol. The van der Waals surface area contributed by atoms with Gasteiger partial charge in [0, 0.05) is 30.1 Å². The second-order valence-corrected chi connectivity index (χ2v) is 5.91. The molecule has 25 heavy (non-hydrogen) atoms. The van der Waals surface area contributed by atoms with Crippen molar-refractivity contribution in [3.8, 4) is 16.9 Å². The number of hydrogen-bond acceptors (Lipinski definition) is 3. The summed E-state index contributed by atoms with van der Waals surface area (Å²) < 4.78 is 0. The Bertz CT molecular complexity index is 901. The highest BCUT2D eigenvalue weighted by atomic mass is 16.3. The van der Waals surface area contributed by atoms with Crippen LogP contribution in [0.25, 0.3) is 11.1 Å². The molecule has 0 atom stereocenters. The molecule has 126 valence electrons. The Morgan fingerprint density at radius 3 is 2.28 bits per heavy atom. The average Bonchev–Trinajstić information content (AvgIpc) is 2.64. The van der Waals surface area contributed by atoms with Crippen LogP contribution in [-0.4, -0.2) is 18.4 Å². The van der Waals surface area contributed by atoms with E-state index in [9.17, 15) is 5.11 Å². The van der Waals surface area contributed by atoms with E-state index in [4.69, 9.17) is 0 Å². The lowest BCUT2D eigenvalue weighted by molar-refractivity contribution is 0.471. The van der Waals surface area contributed by atoms with Crippen LogP contribution in [0, 0.1) is 6.92 Å². The first-order valence-corrected chi connectivity index (χ1v) is 8.33. The fourth-order valence-electron chi connectivity index (χ4n) is 3.02. The maximum Gasteiger partial charge on any atom is 0.120 e. The molecule has 3 aromatic carbocycles. The van der Waals surface area contributed by atoms with Crippen LogP contribution in [0.5, 0.6) is 5.75 Å². The number of aromatic hydroxyl groups is 1. The lowest BCUT2D eigenvalue weighted by Gasteiger charge is -2.24. The molecule has 0 saturated heterocycles. The van der Waals surface area contributed by atoms with Gasteiger partial charge in [0.2, 0.25) is 0 Å². The number of aliphatic imine (C=N–C) groups is 1. The van der Waals surface area contributed by atoms with Crippen LogP contribution < -0.4 is 4.90 Å². The van der Waals surface area contributed by atoms with Gasteiger partial charge in [-0.1, -0.05) is 48.5 Å². The van der Waals surface area contributed by atoms with E-state index in [1.165, 1.54) is 0 Å². The first-order valence-electron chi connectivity index (χ1n) is 8.33. The van der Waals surface area contributed by atoms with Crippen LogP contribution in [0.4, 0.5) is 17.1 Å². The second kappa shape index (κ2) is 7.22. The first kappa shape index (κ1) is 16.8. The number of benzene rings is 3. The van der Waals surface area contributed by atoms with Crippen molar-refractivity contribution in [2.75, 3.05) is 11.9 Å². The predicted octanol–water partition coefficient (Wildman–Crippen LogP) is 5.86. The second-order valence-electron chi connectivity index (χ2n) is 5.91. The average molecular weight is 330 g/mol. The van der Waals surface area contributed by atoms with E-state index in [1.54, 1.807) is 6.07 Å². The van der Waals surface area contributed by atoms with E-state index < -0.39 is 0 Å². The van der Waals surface area contributed by atoms with E-state index in [0.29, 0.717) is 5.75 Å². The molecule has 0 aromatic heterocycles. The zero-order valence-electron chi connectivity index (χ0n) is 14.8. The Morgan fingerprint density at radius 1 is 0.880 bits per heavy atom. The zero-order valence-corrected chi connectivity index (χ0v) is 14.8. The molecule has 3 nitrogen and oxygen atoms in total. The molecule has 3 rings (SSSR count). The van der Waals surface area contributed by atoms with Gasteiger partial charge in [0.1, 0.15) is 5.75 Å². The van der Waals surface area contributed by atoms with Gasteiger partial charge < -0.3 is 10.0 Å². The number of phenolic OH excluding ortho intramolecular Hbond substituents is 1. The largest absolute Gasteiger partial charge is 0.508 e. The summed E-state index contributed by atoms with van der Waals surface area (Å²) in [5.74, 6) is 0.295. The molecule has 0 saturated carbocycles. The molecule has 0 aliphatic rings. The summed E-state index contributed by atoms with van der Waals surface area (Å²) in [6, 6.07) is 22.0. The zero-order chi connectivity index (χ0) is 17.8. The highest BCUT2D eigenvalue weighted by Gasteiger charge is 2.16. The molecule has 3 heteroatoms. The van der Waals surface area contributed by atoms with Gasteiger partial charge in [-0.15, -0.1) is 0 Å². The van der Waals surface area contributed by atoms with Crippen molar-refractivity contribution < 1.29 is 5.11 Å². The molecule has 1 N–H and O–H groups in total. The molecule has 0 heterocycles. The summed E-state index contributed by atoms with van der Waals surface area (Å²) in [6.07, 6.45) is 1.81. The minimum absolute atomic E-state index is 0.295. The number of hydrogen-bond donors (Lipinski definition) is 1. The minimum Gasteiger partial charge on any atom is -0.508 e. The Balaban J connectivity index is 2.18. The van der Waals surface area contributed by atoms with Crippen LogP contribution in [0.1, 0.15) is 12.5 Å². The fourth-order valence-corrected chi connectivity index (χ4v) is 3.02. The van der Waals surface area contributed by atoms with Gasteiger partial charge in [0.25, 0.3) is 0 Å². The summed E-state index contributed by atoms with van der Waals surface area (Å²) in [6.45, 7) is 3.84. The Kier molecular flexibility index (Phi) is 4.85. The van der Waals surface area contributed by atoms with Crippen molar-refractivity contribution in [1.82, 2.24) is 0 Å². The van der Waals surface area contributed by atoms with Crippen LogP contribution in [0.15, 0.2) is 71.7 Å². The quantitative estimate of drug-likeness (QED) is 0.608. The van der Waals surface area contributed by atoms with E-state index in [-0.39, 0.29) is 0 Å². The lowest BCUT2D eigenvalue weighted by Crippen LogP contribution is -2.11. The highest BCUT2D eigenvalue weighted by molar-refractivity contribution is 5.90. The van der Waals surface area contributed by atoms with Crippen molar-refractivity contribution >= 4 is 23.3 Å². The van der Waals surface area contributed by atoms with Crippen molar-refractivity contribution in [1.29, 1.82) is 0 Å². The Labute approximate surface area is 148 Å². The minimum atomic E-state index is 0.295. The van der Waals surface area contributed by atoms with Gasteiger partial charge >= 0.3 is 0 Å². The van der Waals surface area contributed by atoms with Gasteiger partial charge in [0.15, 0.2) is 0 Å².